The Hall–Kier alpha value is -5.63. The fourth-order valence-corrected chi connectivity index (χ4v) is 5.21. The van der Waals surface area contributed by atoms with Crippen molar-refractivity contribution >= 4 is 40.0 Å². The van der Waals surface area contributed by atoms with E-state index in [-0.39, 0.29) is 0 Å². The number of fused-ring (bicyclic) bond motifs is 13. The van der Waals surface area contributed by atoms with E-state index in [0.29, 0.717) is 40.2 Å². The third kappa shape index (κ3) is 3.50. The zero-order valence-electron chi connectivity index (χ0n) is 21.4. The van der Waals surface area contributed by atoms with Gasteiger partial charge in [-0.3, -0.25) is 0 Å². The van der Waals surface area contributed by atoms with E-state index in [2.05, 4.69) is 15.2 Å². The van der Waals surface area contributed by atoms with Crippen molar-refractivity contribution < 1.29 is 0 Å². The summed E-state index contributed by atoms with van der Waals surface area (Å²) in [5.74, 6) is 2.59. The maximum atomic E-state index is 5.00. The molecule has 3 aliphatic heterocycles. The van der Waals surface area contributed by atoms with Crippen LogP contribution in [0.3, 0.4) is 0 Å². The molecule has 0 unspecified atom stereocenters. The summed E-state index contributed by atoms with van der Waals surface area (Å²) in [6.45, 7) is 2.03. The summed E-state index contributed by atoms with van der Waals surface area (Å²) in [6.07, 6.45) is 0. The van der Waals surface area contributed by atoms with Crippen LogP contribution in [0.25, 0.3) is 10.8 Å². The van der Waals surface area contributed by atoms with Gasteiger partial charge in [-0.2, -0.15) is 0 Å². The van der Waals surface area contributed by atoms with Gasteiger partial charge in [0.2, 0.25) is 0 Å². The van der Waals surface area contributed by atoms with Gasteiger partial charge in [-0.05, 0) is 12.5 Å². The van der Waals surface area contributed by atoms with E-state index in [1.54, 1.807) is 0 Å². The molecule has 8 rings (SSSR count). The minimum Gasteiger partial charge on any atom is -0.324 e. The summed E-state index contributed by atoms with van der Waals surface area (Å²) >= 11 is 0. The Labute approximate surface area is 228 Å². The van der Waals surface area contributed by atoms with Gasteiger partial charge in [0, 0.05) is 38.6 Å². The van der Waals surface area contributed by atoms with Crippen LogP contribution >= 0.6 is 0 Å². The Morgan fingerprint density at radius 1 is 0.400 bits per heavy atom. The van der Waals surface area contributed by atoms with Crippen molar-refractivity contribution in [2.45, 2.75) is 6.92 Å². The molecule has 4 aromatic carbocycles. The van der Waals surface area contributed by atoms with Crippen molar-refractivity contribution in [3.8, 4) is 0 Å². The Balaban J connectivity index is 1.49. The number of hydrogen-bond donors (Lipinski definition) is 1. The molecular weight excluding hydrogens is 496 g/mol. The van der Waals surface area contributed by atoms with Crippen molar-refractivity contribution in [3.63, 3.8) is 0 Å². The fourth-order valence-electron chi connectivity index (χ4n) is 5.21. The first kappa shape index (κ1) is 22.4. The first-order chi connectivity index (χ1) is 19.7. The molecule has 0 saturated carbocycles. The maximum absolute atomic E-state index is 5.00. The lowest BCUT2D eigenvalue weighted by atomic mass is 10.1. The monoisotopic (exact) mass is 516 g/mol. The van der Waals surface area contributed by atoms with E-state index >= 15 is 0 Å². The third-order valence-electron chi connectivity index (χ3n) is 7.19. The summed E-state index contributed by atoms with van der Waals surface area (Å²) in [6, 6.07) is 31.9. The lowest BCUT2D eigenvalue weighted by Crippen LogP contribution is -2.15. The van der Waals surface area contributed by atoms with Gasteiger partial charge in [0.05, 0.1) is 0 Å². The second-order valence-electron chi connectivity index (χ2n) is 9.65. The molecule has 0 fully saturated rings. The summed E-state index contributed by atoms with van der Waals surface area (Å²) < 4.78 is 0. The van der Waals surface area contributed by atoms with E-state index in [0.717, 1.165) is 44.2 Å². The van der Waals surface area contributed by atoms with Gasteiger partial charge in [0.1, 0.15) is 11.0 Å². The Bertz CT molecular complexity index is 2180. The molecule has 8 nitrogen and oxygen atoms in total. The van der Waals surface area contributed by atoms with Crippen LogP contribution in [0.5, 0.6) is 0 Å². The minimum absolute atomic E-state index is 0.445. The fraction of sp³-hybridized carbons (Fsp3) is 0.0312. The molecule has 40 heavy (non-hydrogen) atoms. The van der Waals surface area contributed by atoms with Crippen molar-refractivity contribution in [3.05, 3.63) is 141 Å². The number of nitrogens with one attached hydrogen (secondary N) is 1. The van der Waals surface area contributed by atoms with E-state index < -0.39 is 0 Å². The quantitative estimate of drug-likeness (QED) is 0.339. The molecule has 6 bridgehead atoms. The van der Waals surface area contributed by atoms with Gasteiger partial charge in [-0.25, -0.2) is 25.0 Å². The highest BCUT2D eigenvalue weighted by atomic mass is 15.3. The average molecular weight is 517 g/mol. The summed E-state index contributed by atoms with van der Waals surface area (Å²) in [7, 11) is 0. The predicted molar refractivity (Wildman–Crippen MR) is 157 cm³/mol. The Morgan fingerprint density at radius 2 is 0.775 bits per heavy atom. The highest BCUT2D eigenvalue weighted by Gasteiger charge is 2.24. The first-order valence-electron chi connectivity index (χ1n) is 12.9. The van der Waals surface area contributed by atoms with Gasteiger partial charge >= 0.3 is 0 Å². The summed E-state index contributed by atoms with van der Waals surface area (Å²) in [5.41, 5.74) is 6.77. The molecule has 0 saturated heterocycles. The van der Waals surface area contributed by atoms with Crippen LogP contribution in [0.15, 0.2) is 132 Å². The number of aryl methyl sites for hydroxylation is 1. The van der Waals surface area contributed by atoms with Crippen LogP contribution in [-0.4, -0.2) is 34.2 Å². The topological polar surface area (TPSA) is 102 Å². The number of aromatic amines is 1. The molecule has 0 amide bonds. The SMILES string of the molecule is Cc1ccccc1C1=N/N=C2N=C(/N=c3\[nH]/c(c4ccccc34)=N\C3=NC(=N\1)/c1ccccc13)c1ccccc1\2. The zero-order chi connectivity index (χ0) is 26.6. The molecule has 8 heteroatoms. The number of nitrogens with zero attached hydrogens (tertiary/aromatic N) is 7. The molecule has 0 spiro atoms. The number of aromatic nitrogens is 1. The molecule has 188 valence electrons. The van der Waals surface area contributed by atoms with Gasteiger partial charge in [0.15, 0.2) is 29.2 Å². The van der Waals surface area contributed by atoms with Crippen molar-refractivity contribution in [1.29, 1.82) is 0 Å². The minimum atomic E-state index is 0.445. The van der Waals surface area contributed by atoms with Gasteiger partial charge in [-0.15, -0.1) is 10.2 Å². The second-order valence-corrected chi connectivity index (χ2v) is 9.65. The normalized spacial score (nSPS) is 20.9. The number of benzene rings is 4. The predicted octanol–water partition coefficient (Wildman–Crippen LogP) is 4.50. The second kappa shape index (κ2) is 8.71. The summed E-state index contributed by atoms with van der Waals surface area (Å²) in [5, 5.41) is 11.2. The van der Waals surface area contributed by atoms with E-state index in [9.17, 15) is 0 Å². The van der Waals surface area contributed by atoms with Gasteiger partial charge in [-0.1, -0.05) is 97.1 Å². The van der Waals surface area contributed by atoms with Crippen LogP contribution < -0.4 is 11.0 Å². The first-order valence-corrected chi connectivity index (χ1v) is 12.9. The lowest BCUT2D eigenvalue weighted by molar-refractivity contribution is 1.15. The molecule has 0 radical (unpaired) electrons. The van der Waals surface area contributed by atoms with E-state index in [1.807, 2.05) is 104 Å². The van der Waals surface area contributed by atoms with Gasteiger partial charge in [0.25, 0.3) is 0 Å². The molecule has 1 N–H and O–H groups in total. The number of rotatable bonds is 1. The molecule has 1 aromatic heterocycles. The third-order valence-corrected chi connectivity index (χ3v) is 7.19. The smallest absolute Gasteiger partial charge is 0.184 e. The van der Waals surface area contributed by atoms with Crippen molar-refractivity contribution in [2.24, 2.45) is 35.2 Å². The zero-order valence-corrected chi connectivity index (χ0v) is 21.4. The van der Waals surface area contributed by atoms with Crippen LogP contribution in [0.1, 0.15) is 33.4 Å². The molecule has 5 aromatic rings. The van der Waals surface area contributed by atoms with E-state index in [1.165, 1.54) is 0 Å². The highest BCUT2D eigenvalue weighted by molar-refractivity contribution is 6.26. The van der Waals surface area contributed by atoms with Crippen LogP contribution in [0, 0.1) is 6.92 Å². The highest BCUT2D eigenvalue weighted by Crippen LogP contribution is 2.23. The van der Waals surface area contributed by atoms with Crippen LogP contribution in [0.4, 0.5) is 0 Å². The van der Waals surface area contributed by atoms with Crippen LogP contribution in [-0.2, 0) is 0 Å². The van der Waals surface area contributed by atoms with Crippen LogP contribution in [0.2, 0.25) is 0 Å². The molecular formula is C32H20N8. The van der Waals surface area contributed by atoms with Gasteiger partial charge < -0.3 is 4.98 Å². The number of H-pyrrole nitrogens is 1. The molecule has 0 atom stereocenters. The average Bonchev–Trinajstić information content (AvgIpc) is 3.64. The standard InChI is InChI=1S/C32H20N8/c1-18-10-2-3-11-19(18)31-37-29-23-15-7-6-14-22(23)28(35-29)34-26-20-12-4-5-13-21(20)27(33-26)36-30-24-16-8-9-17-25(24)32(38-30)40-39-31/h2-17H,1H3,(H,33,34,35,36,37,38,39,40). The molecule has 4 heterocycles. The maximum Gasteiger partial charge on any atom is 0.184 e. The molecule has 3 aliphatic rings. The van der Waals surface area contributed by atoms with Crippen molar-refractivity contribution in [1.82, 2.24) is 4.98 Å². The van der Waals surface area contributed by atoms with Crippen molar-refractivity contribution in [2.75, 3.05) is 0 Å². The Morgan fingerprint density at radius 3 is 1.30 bits per heavy atom. The molecule has 0 aliphatic carbocycles. The summed E-state index contributed by atoms with van der Waals surface area (Å²) in [4.78, 5) is 28.0. The number of amidine groups is 5. The number of hydrogen-bond acceptors (Lipinski definition) is 7. The number of aliphatic imine (C=N–C) groups is 3. The Kier molecular flexibility index (Phi) is 4.87. The lowest BCUT2D eigenvalue weighted by Gasteiger charge is -2.05. The largest absolute Gasteiger partial charge is 0.324 e. The van der Waals surface area contributed by atoms with E-state index in [4.69, 9.17) is 25.0 Å².